The molecule has 0 aliphatic rings. The minimum absolute atomic E-state index is 0.178. The molecule has 0 atom stereocenters. The molecule has 9 heteroatoms. The van der Waals surface area contributed by atoms with Gasteiger partial charge in [0.05, 0.1) is 17.8 Å². The van der Waals surface area contributed by atoms with E-state index in [1.54, 1.807) is 0 Å². The molecule has 0 aromatic carbocycles. The van der Waals surface area contributed by atoms with Gasteiger partial charge in [-0.15, -0.1) is 0 Å². The van der Waals surface area contributed by atoms with Crippen LogP contribution in [0.4, 0.5) is 0 Å². The molecule has 0 saturated heterocycles. The van der Waals surface area contributed by atoms with Crippen molar-refractivity contribution in [2.45, 2.75) is 208 Å². The molecular formula is C47H89NO8. The molecule has 56 heavy (non-hydrogen) atoms. The molecule has 0 fully saturated rings. The minimum Gasteiger partial charge on any atom is -0.465 e. The molecule has 0 heterocycles. The third-order valence-corrected chi connectivity index (χ3v) is 11.0. The Morgan fingerprint density at radius 3 is 0.929 bits per heavy atom. The van der Waals surface area contributed by atoms with Crippen LogP contribution in [0.2, 0.25) is 0 Å². The summed E-state index contributed by atoms with van der Waals surface area (Å²) in [5.74, 6) is -1.97. The Kier molecular flexibility index (Phi) is 34.6. The average molecular weight is 796 g/mol. The largest absolute Gasteiger partial charge is 0.465 e. The molecule has 0 bridgehead atoms. The fourth-order valence-electron chi connectivity index (χ4n) is 7.11. The second kappa shape index (κ2) is 36.0. The van der Waals surface area contributed by atoms with Crippen molar-refractivity contribution in [3.05, 3.63) is 0 Å². The van der Waals surface area contributed by atoms with Crippen molar-refractivity contribution in [2.24, 2.45) is 23.2 Å². The van der Waals surface area contributed by atoms with Gasteiger partial charge in [0, 0.05) is 6.42 Å². The van der Waals surface area contributed by atoms with E-state index in [0.717, 1.165) is 161 Å². The molecule has 0 aromatic rings. The molecule has 0 radical (unpaired) electrons. The van der Waals surface area contributed by atoms with E-state index in [9.17, 15) is 19.2 Å². The van der Waals surface area contributed by atoms with Crippen molar-refractivity contribution in [3.8, 4) is 0 Å². The second-order valence-corrected chi connectivity index (χ2v) is 17.0. The van der Waals surface area contributed by atoms with E-state index in [1.165, 1.54) is 0 Å². The molecule has 330 valence electrons. The van der Waals surface area contributed by atoms with Crippen LogP contribution < -0.4 is 0 Å². The molecule has 0 rings (SSSR count). The van der Waals surface area contributed by atoms with E-state index < -0.39 is 5.41 Å². The maximum Gasteiger partial charge on any atom is 0.308 e. The van der Waals surface area contributed by atoms with Crippen molar-refractivity contribution in [1.82, 2.24) is 4.90 Å². The summed E-state index contributed by atoms with van der Waals surface area (Å²) in [4.78, 5) is 56.7. The first-order valence-corrected chi connectivity index (χ1v) is 23.3. The number of unbranched alkanes of at least 4 members (excludes halogenated alkanes) is 12. The van der Waals surface area contributed by atoms with Gasteiger partial charge in [0.2, 0.25) is 0 Å². The number of rotatable bonds is 39. The van der Waals surface area contributed by atoms with Gasteiger partial charge in [0.25, 0.3) is 0 Å². The predicted molar refractivity (Wildman–Crippen MR) is 229 cm³/mol. The van der Waals surface area contributed by atoms with Crippen molar-refractivity contribution in [3.63, 3.8) is 0 Å². The third-order valence-electron chi connectivity index (χ3n) is 11.0. The van der Waals surface area contributed by atoms with Crippen LogP contribution in [0.1, 0.15) is 208 Å². The fourth-order valence-corrected chi connectivity index (χ4v) is 7.11. The SMILES string of the molecule is CCCCCC(CCCCC)C(=O)OCC(COC(=O)CCCN(C)C)(COC(=O)C(CCCCC)CCCCC)COC(=O)C(CCCCC)CCCCC. The van der Waals surface area contributed by atoms with Crippen LogP contribution in [0.25, 0.3) is 0 Å². The average Bonchev–Trinajstić information content (AvgIpc) is 3.18. The summed E-state index contributed by atoms with van der Waals surface area (Å²) in [5.41, 5.74) is -1.25. The van der Waals surface area contributed by atoms with Crippen LogP contribution in [0.5, 0.6) is 0 Å². The number of carbonyl (C=O) groups is 4. The highest BCUT2D eigenvalue weighted by Gasteiger charge is 2.40. The van der Waals surface area contributed by atoms with Gasteiger partial charge in [-0.2, -0.15) is 0 Å². The number of ether oxygens (including phenoxy) is 4. The standard InChI is InChI=1S/C47H89NO8/c1-9-15-21-28-40(29-22-16-10-2)44(50)54-37-47(36-53-43(49)34-27-35-48(7)8,38-55-45(51)41(30-23-17-11-3)31-24-18-12-4)39-56-46(52)42(32-25-19-13-5)33-26-20-14-6/h40-42H,9-39H2,1-8H3. The van der Waals surface area contributed by atoms with E-state index in [1.807, 2.05) is 19.0 Å². The Hall–Kier alpha value is -2.16. The van der Waals surface area contributed by atoms with Crippen LogP contribution in [-0.2, 0) is 38.1 Å². The van der Waals surface area contributed by atoms with Crippen molar-refractivity contribution in [2.75, 3.05) is 47.1 Å². The van der Waals surface area contributed by atoms with Gasteiger partial charge in [-0.3, -0.25) is 19.2 Å². The molecule has 0 N–H and O–H groups in total. The normalized spacial score (nSPS) is 11.9. The van der Waals surface area contributed by atoms with Crippen molar-refractivity contribution in [1.29, 1.82) is 0 Å². The Morgan fingerprint density at radius 1 is 0.411 bits per heavy atom. The van der Waals surface area contributed by atoms with E-state index in [-0.39, 0.29) is 74.5 Å². The van der Waals surface area contributed by atoms with Crippen molar-refractivity contribution >= 4 is 23.9 Å². The van der Waals surface area contributed by atoms with Gasteiger partial charge < -0.3 is 23.8 Å². The highest BCUT2D eigenvalue weighted by atomic mass is 16.6. The van der Waals surface area contributed by atoms with Crippen LogP contribution in [-0.4, -0.2) is 75.8 Å². The van der Waals surface area contributed by atoms with E-state index in [4.69, 9.17) is 18.9 Å². The molecule has 9 nitrogen and oxygen atoms in total. The zero-order chi connectivity index (χ0) is 41.9. The van der Waals surface area contributed by atoms with Crippen LogP contribution in [0, 0.1) is 23.2 Å². The quantitative estimate of drug-likeness (QED) is 0.0341. The van der Waals surface area contributed by atoms with Gasteiger partial charge in [0.15, 0.2) is 0 Å². The summed E-state index contributed by atoms with van der Waals surface area (Å²) in [6, 6.07) is 0. The van der Waals surface area contributed by atoms with Crippen molar-refractivity contribution < 1.29 is 38.1 Å². The lowest BCUT2D eigenvalue weighted by atomic mass is 9.90. The van der Waals surface area contributed by atoms with Crippen LogP contribution in [0.15, 0.2) is 0 Å². The molecule has 0 unspecified atom stereocenters. The van der Waals surface area contributed by atoms with Gasteiger partial charge >= 0.3 is 23.9 Å². The number of hydrogen-bond acceptors (Lipinski definition) is 9. The minimum atomic E-state index is -1.25. The summed E-state index contributed by atoms with van der Waals surface area (Å²) in [6.07, 6.45) is 23.7. The van der Waals surface area contributed by atoms with Gasteiger partial charge in [-0.1, -0.05) is 157 Å². The topological polar surface area (TPSA) is 108 Å². The zero-order valence-corrected chi connectivity index (χ0v) is 37.9. The highest BCUT2D eigenvalue weighted by Crippen LogP contribution is 2.28. The maximum absolute atomic E-state index is 13.9. The summed E-state index contributed by atoms with van der Waals surface area (Å²) in [5, 5.41) is 0. The van der Waals surface area contributed by atoms with E-state index in [2.05, 4.69) is 41.5 Å². The lowest BCUT2D eigenvalue weighted by Gasteiger charge is -2.33. The Bertz CT molecular complexity index is 857. The second-order valence-electron chi connectivity index (χ2n) is 17.0. The molecule has 0 aliphatic heterocycles. The lowest BCUT2D eigenvalue weighted by molar-refractivity contribution is -0.175. The summed E-state index contributed by atoms with van der Waals surface area (Å²) < 4.78 is 24.4. The summed E-state index contributed by atoms with van der Waals surface area (Å²) >= 11 is 0. The highest BCUT2D eigenvalue weighted by molar-refractivity contribution is 5.74. The Balaban J connectivity index is 6.65. The summed E-state index contributed by atoms with van der Waals surface area (Å²) in [7, 11) is 3.92. The molecule has 0 amide bonds. The smallest absolute Gasteiger partial charge is 0.308 e. The summed E-state index contributed by atoms with van der Waals surface area (Å²) in [6.45, 7) is 12.9. The molecule has 0 spiro atoms. The number of carbonyl (C=O) groups excluding carboxylic acids is 4. The first-order valence-electron chi connectivity index (χ1n) is 23.3. The van der Waals surface area contributed by atoms with Gasteiger partial charge in [-0.25, -0.2) is 0 Å². The molecule has 0 aromatic heterocycles. The maximum atomic E-state index is 13.9. The number of hydrogen-bond donors (Lipinski definition) is 0. The Morgan fingerprint density at radius 2 is 0.679 bits per heavy atom. The monoisotopic (exact) mass is 796 g/mol. The molecule has 0 saturated carbocycles. The predicted octanol–water partition coefficient (Wildman–Crippen LogP) is 11.8. The number of esters is 4. The van der Waals surface area contributed by atoms with E-state index in [0.29, 0.717) is 6.42 Å². The first kappa shape index (κ1) is 53.8. The first-order chi connectivity index (χ1) is 27.0. The Labute approximate surface area is 344 Å². The zero-order valence-electron chi connectivity index (χ0n) is 37.9. The van der Waals surface area contributed by atoms with Crippen LogP contribution in [0.3, 0.4) is 0 Å². The lowest BCUT2D eigenvalue weighted by Crippen LogP contribution is -2.45. The van der Waals surface area contributed by atoms with Crippen LogP contribution >= 0.6 is 0 Å². The third kappa shape index (κ3) is 27.5. The fraction of sp³-hybridized carbons (Fsp3) is 0.915. The van der Waals surface area contributed by atoms with Gasteiger partial charge in [0.1, 0.15) is 31.8 Å². The number of nitrogens with zero attached hydrogens (tertiary/aromatic N) is 1. The molecular weight excluding hydrogens is 707 g/mol. The molecule has 0 aliphatic carbocycles. The van der Waals surface area contributed by atoms with Gasteiger partial charge in [-0.05, 0) is 65.6 Å². The van der Waals surface area contributed by atoms with E-state index >= 15 is 0 Å².